The molecule has 0 heterocycles. The number of nitrogens with one attached hydrogen (secondary N) is 2. The molecule has 0 aliphatic rings. The van der Waals surface area contributed by atoms with E-state index < -0.39 is 17.8 Å². The number of anilines is 1. The highest BCUT2D eigenvalue weighted by molar-refractivity contribution is 6.40. The summed E-state index contributed by atoms with van der Waals surface area (Å²) in [6.45, 7) is 1.61. The molecule has 2 N–H and O–H groups in total. The summed E-state index contributed by atoms with van der Waals surface area (Å²) in [6.07, 6.45) is 0. The van der Waals surface area contributed by atoms with Crippen LogP contribution >= 0.6 is 34.8 Å². The number of hydrogen-bond donors (Lipinski definition) is 2. The van der Waals surface area contributed by atoms with Crippen molar-refractivity contribution < 1.29 is 23.9 Å². The third-order valence-electron chi connectivity index (χ3n) is 4.50. The van der Waals surface area contributed by atoms with E-state index in [0.29, 0.717) is 26.3 Å². The molecule has 0 radical (unpaired) electrons. The maximum absolute atomic E-state index is 12.4. The molecular weight excluding hydrogens is 517 g/mol. The van der Waals surface area contributed by atoms with Gasteiger partial charge in [0.15, 0.2) is 11.5 Å². The van der Waals surface area contributed by atoms with Crippen LogP contribution < -0.4 is 20.2 Å². The average molecular weight is 535 g/mol. The van der Waals surface area contributed by atoms with Crippen LogP contribution in [-0.4, -0.2) is 30.6 Å². The number of esters is 1. The Morgan fingerprint density at radius 2 is 1.51 bits per heavy atom. The Morgan fingerprint density at radius 3 is 2.17 bits per heavy atom. The van der Waals surface area contributed by atoms with Gasteiger partial charge in [0.2, 0.25) is 0 Å². The quantitative estimate of drug-likeness (QED) is 0.146. The Kier molecular flexibility index (Phi) is 8.70. The molecule has 0 saturated heterocycles. The second-order valence-corrected chi connectivity index (χ2v) is 8.33. The Hall–Kier alpha value is -3.59. The molecule has 8 nitrogen and oxygen atoms in total. The van der Waals surface area contributed by atoms with Crippen LogP contribution in [0.15, 0.2) is 65.8 Å². The van der Waals surface area contributed by atoms with Gasteiger partial charge in [0, 0.05) is 26.3 Å². The smallest absolute Gasteiger partial charge is 0.343 e. The van der Waals surface area contributed by atoms with Crippen molar-refractivity contribution in [1.29, 1.82) is 0 Å². The minimum Gasteiger partial charge on any atom is -0.493 e. The number of rotatable bonds is 6. The maximum Gasteiger partial charge on any atom is 0.343 e. The predicted octanol–water partition coefficient (Wildman–Crippen LogP) is 5.35. The molecule has 11 heteroatoms. The largest absolute Gasteiger partial charge is 0.493 e. The standard InChI is InChI=1S/C24H18Cl3N3O5/c1-13(29-30-23(32)22(31)28-19-11-17(26)10-18(27)12-19)14-6-7-20(21(9-14)34-2)35-24(33)15-4-3-5-16(25)8-15/h3-12H,1-2H3,(H,28,31)(H,30,32)/b29-13+. The van der Waals surface area contributed by atoms with Gasteiger partial charge in [-0.3, -0.25) is 9.59 Å². The summed E-state index contributed by atoms with van der Waals surface area (Å²) in [6, 6.07) is 15.4. The van der Waals surface area contributed by atoms with E-state index in [4.69, 9.17) is 44.3 Å². The van der Waals surface area contributed by atoms with Crippen molar-refractivity contribution in [2.45, 2.75) is 6.92 Å². The van der Waals surface area contributed by atoms with Crippen LogP contribution in [0.3, 0.4) is 0 Å². The molecule has 35 heavy (non-hydrogen) atoms. The van der Waals surface area contributed by atoms with Crippen LogP contribution in [0.1, 0.15) is 22.8 Å². The minimum absolute atomic E-state index is 0.178. The molecule has 0 unspecified atom stereocenters. The fraction of sp³-hybridized carbons (Fsp3) is 0.0833. The van der Waals surface area contributed by atoms with Crippen molar-refractivity contribution in [3.05, 3.63) is 86.9 Å². The van der Waals surface area contributed by atoms with Gasteiger partial charge in [-0.25, -0.2) is 10.2 Å². The van der Waals surface area contributed by atoms with Crippen LogP contribution in [0.2, 0.25) is 15.1 Å². The normalized spacial score (nSPS) is 10.9. The van der Waals surface area contributed by atoms with Gasteiger partial charge in [0.1, 0.15) is 0 Å². The number of carbonyl (C=O) groups excluding carboxylic acids is 3. The lowest BCUT2D eigenvalue weighted by Crippen LogP contribution is -2.32. The van der Waals surface area contributed by atoms with E-state index in [1.807, 2.05) is 0 Å². The SMILES string of the molecule is COc1cc(/C(C)=N/NC(=O)C(=O)Nc2cc(Cl)cc(Cl)c2)ccc1OC(=O)c1cccc(Cl)c1. The van der Waals surface area contributed by atoms with Gasteiger partial charge >= 0.3 is 17.8 Å². The Morgan fingerprint density at radius 1 is 0.800 bits per heavy atom. The molecule has 0 bridgehead atoms. The summed E-state index contributed by atoms with van der Waals surface area (Å²) in [5.74, 6) is -2.13. The van der Waals surface area contributed by atoms with Crippen LogP contribution in [0.5, 0.6) is 11.5 Å². The number of ether oxygens (including phenoxy) is 2. The van der Waals surface area contributed by atoms with Crippen molar-refractivity contribution in [2.75, 3.05) is 12.4 Å². The summed E-state index contributed by atoms with van der Waals surface area (Å²) < 4.78 is 10.7. The summed E-state index contributed by atoms with van der Waals surface area (Å²) in [5.41, 5.74) is 3.63. The van der Waals surface area contributed by atoms with E-state index in [1.165, 1.54) is 37.4 Å². The van der Waals surface area contributed by atoms with Crippen molar-refractivity contribution in [1.82, 2.24) is 5.43 Å². The molecule has 0 aliphatic carbocycles. The number of hydrogen-bond acceptors (Lipinski definition) is 6. The predicted molar refractivity (Wildman–Crippen MR) is 135 cm³/mol. The first kappa shape index (κ1) is 26.0. The lowest BCUT2D eigenvalue weighted by molar-refractivity contribution is -0.136. The Labute approximate surface area is 215 Å². The number of nitrogens with zero attached hydrogens (tertiary/aromatic N) is 1. The number of hydrazone groups is 1. The third-order valence-corrected chi connectivity index (χ3v) is 5.17. The summed E-state index contributed by atoms with van der Waals surface area (Å²) in [4.78, 5) is 36.6. The molecule has 3 aromatic rings. The van der Waals surface area contributed by atoms with Gasteiger partial charge in [-0.2, -0.15) is 5.10 Å². The second kappa shape index (κ2) is 11.7. The zero-order valence-electron chi connectivity index (χ0n) is 18.4. The molecule has 0 atom stereocenters. The second-order valence-electron chi connectivity index (χ2n) is 7.02. The monoisotopic (exact) mass is 533 g/mol. The minimum atomic E-state index is -1.00. The summed E-state index contributed by atoms with van der Waals surface area (Å²) in [5, 5.41) is 7.33. The van der Waals surface area contributed by atoms with Crippen molar-refractivity contribution in [3.63, 3.8) is 0 Å². The van der Waals surface area contributed by atoms with E-state index in [0.717, 1.165) is 0 Å². The molecule has 3 rings (SSSR count). The van der Waals surface area contributed by atoms with E-state index >= 15 is 0 Å². The molecule has 180 valence electrons. The number of benzene rings is 3. The van der Waals surface area contributed by atoms with Gasteiger partial charge < -0.3 is 14.8 Å². The first-order valence-corrected chi connectivity index (χ1v) is 11.1. The van der Waals surface area contributed by atoms with Gasteiger partial charge in [-0.15, -0.1) is 0 Å². The first-order valence-electron chi connectivity index (χ1n) is 9.94. The lowest BCUT2D eigenvalue weighted by Gasteiger charge is -2.11. The zero-order valence-corrected chi connectivity index (χ0v) is 20.7. The van der Waals surface area contributed by atoms with Gasteiger partial charge in [0.05, 0.1) is 18.4 Å². The average Bonchev–Trinajstić information content (AvgIpc) is 2.81. The molecule has 3 aromatic carbocycles. The van der Waals surface area contributed by atoms with E-state index in [1.54, 1.807) is 37.3 Å². The maximum atomic E-state index is 12.4. The Balaban J connectivity index is 1.67. The third kappa shape index (κ3) is 7.19. The fourth-order valence-electron chi connectivity index (χ4n) is 2.82. The van der Waals surface area contributed by atoms with Crippen molar-refractivity contribution in [3.8, 4) is 11.5 Å². The zero-order chi connectivity index (χ0) is 25.5. The highest BCUT2D eigenvalue weighted by Crippen LogP contribution is 2.29. The number of halogens is 3. The van der Waals surface area contributed by atoms with Crippen LogP contribution in [-0.2, 0) is 9.59 Å². The number of methoxy groups -OCH3 is 1. The van der Waals surface area contributed by atoms with Gasteiger partial charge in [0.25, 0.3) is 0 Å². The van der Waals surface area contributed by atoms with Crippen LogP contribution in [0, 0.1) is 0 Å². The molecular formula is C24H18Cl3N3O5. The van der Waals surface area contributed by atoms with Crippen molar-refractivity contribution in [2.24, 2.45) is 5.10 Å². The summed E-state index contributed by atoms with van der Waals surface area (Å²) >= 11 is 17.7. The molecule has 0 aliphatic heterocycles. The highest BCUT2D eigenvalue weighted by Gasteiger charge is 2.16. The van der Waals surface area contributed by atoms with Crippen LogP contribution in [0.4, 0.5) is 5.69 Å². The van der Waals surface area contributed by atoms with E-state index in [-0.39, 0.29) is 22.7 Å². The van der Waals surface area contributed by atoms with Gasteiger partial charge in [-0.1, -0.05) is 40.9 Å². The lowest BCUT2D eigenvalue weighted by atomic mass is 10.1. The summed E-state index contributed by atoms with van der Waals surface area (Å²) in [7, 11) is 1.41. The molecule has 0 aromatic heterocycles. The number of carbonyl (C=O) groups is 3. The topological polar surface area (TPSA) is 106 Å². The fourth-order valence-corrected chi connectivity index (χ4v) is 3.53. The van der Waals surface area contributed by atoms with Crippen molar-refractivity contribution >= 4 is 64.0 Å². The van der Waals surface area contributed by atoms with Gasteiger partial charge in [-0.05, 0) is 61.5 Å². The highest BCUT2D eigenvalue weighted by atomic mass is 35.5. The first-order chi connectivity index (χ1) is 16.7. The molecule has 2 amide bonds. The van der Waals surface area contributed by atoms with E-state index in [2.05, 4.69) is 15.8 Å². The molecule has 0 fully saturated rings. The van der Waals surface area contributed by atoms with Crippen LogP contribution in [0.25, 0.3) is 0 Å². The molecule has 0 saturated carbocycles. The number of amides is 2. The molecule has 0 spiro atoms. The Bertz CT molecular complexity index is 1310. The van der Waals surface area contributed by atoms with E-state index in [9.17, 15) is 14.4 Å².